The number of hydrogen-bond acceptors (Lipinski definition) is 6. The minimum Gasteiger partial charge on any atom is -0.476 e. The normalized spacial score (nSPS) is 17.4. The molecule has 1 aliphatic rings. The van der Waals surface area contributed by atoms with Gasteiger partial charge in [0.2, 0.25) is 5.88 Å². The Hall–Kier alpha value is -1.56. The summed E-state index contributed by atoms with van der Waals surface area (Å²) in [5.74, 6) is 1.11. The molecular formula is C13H23N5O. The van der Waals surface area contributed by atoms with E-state index in [0.717, 1.165) is 6.54 Å². The summed E-state index contributed by atoms with van der Waals surface area (Å²) in [6.07, 6.45) is 4.08. The van der Waals surface area contributed by atoms with Crippen molar-refractivity contribution in [2.24, 2.45) is 0 Å². The maximum Gasteiger partial charge on any atom is 0.242 e. The molecular weight excluding hydrogens is 242 g/mol. The van der Waals surface area contributed by atoms with Crippen LogP contribution in [0.5, 0.6) is 5.88 Å². The van der Waals surface area contributed by atoms with Crippen LogP contribution in [0.3, 0.4) is 0 Å². The van der Waals surface area contributed by atoms with Gasteiger partial charge in [0.25, 0.3) is 0 Å². The zero-order valence-corrected chi connectivity index (χ0v) is 11.7. The van der Waals surface area contributed by atoms with Crippen LogP contribution in [-0.4, -0.2) is 47.2 Å². The molecule has 1 aromatic rings. The molecule has 2 heterocycles. The van der Waals surface area contributed by atoms with Gasteiger partial charge in [-0.25, -0.2) is 4.98 Å². The van der Waals surface area contributed by atoms with E-state index >= 15 is 0 Å². The van der Waals surface area contributed by atoms with Gasteiger partial charge in [-0.1, -0.05) is 0 Å². The highest BCUT2D eigenvalue weighted by Crippen LogP contribution is 2.25. The van der Waals surface area contributed by atoms with Gasteiger partial charge in [0, 0.05) is 12.6 Å². The Balaban J connectivity index is 1.95. The van der Waals surface area contributed by atoms with E-state index in [1.807, 2.05) is 6.92 Å². The first-order valence-electron chi connectivity index (χ1n) is 6.93. The number of hydrogen-bond donors (Lipinski definition) is 2. The van der Waals surface area contributed by atoms with E-state index in [2.05, 4.69) is 27.1 Å². The predicted molar refractivity (Wildman–Crippen MR) is 76.4 cm³/mol. The van der Waals surface area contributed by atoms with Crippen molar-refractivity contribution < 1.29 is 4.74 Å². The quantitative estimate of drug-likeness (QED) is 0.808. The maximum atomic E-state index is 6.00. The molecule has 0 radical (unpaired) electrons. The van der Waals surface area contributed by atoms with Crippen LogP contribution >= 0.6 is 0 Å². The van der Waals surface area contributed by atoms with Crippen molar-refractivity contribution in [1.82, 2.24) is 14.9 Å². The smallest absolute Gasteiger partial charge is 0.242 e. The molecule has 0 spiro atoms. The summed E-state index contributed by atoms with van der Waals surface area (Å²) in [6.45, 7) is 7.98. The Bertz CT molecular complexity index is 406. The summed E-state index contributed by atoms with van der Waals surface area (Å²) in [7, 11) is 0. The van der Waals surface area contributed by atoms with Crippen LogP contribution in [0.2, 0.25) is 0 Å². The zero-order valence-electron chi connectivity index (χ0n) is 11.7. The minimum absolute atomic E-state index is 0.296. The van der Waals surface area contributed by atoms with Crippen molar-refractivity contribution in [3.8, 4) is 5.88 Å². The molecule has 3 N–H and O–H groups in total. The van der Waals surface area contributed by atoms with E-state index in [4.69, 9.17) is 10.5 Å². The molecule has 106 valence electrons. The largest absolute Gasteiger partial charge is 0.476 e. The topological polar surface area (TPSA) is 76.3 Å². The van der Waals surface area contributed by atoms with Gasteiger partial charge in [-0.05, 0) is 39.8 Å². The molecule has 19 heavy (non-hydrogen) atoms. The molecule has 1 fully saturated rings. The molecule has 0 bridgehead atoms. The number of likely N-dealkylation sites (tertiary alicyclic amines) is 1. The van der Waals surface area contributed by atoms with Gasteiger partial charge in [0.1, 0.15) is 12.0 Å². The third kappa shape index (κ3) is 3.70. The first kappa shape index (κ1) is 13.9. The van der Waals surface area contributed by atoms with E-state index in [0.29, 0.717) is 30.0 Å². The maximum absolute atomic E-state index is 6.00. The monoisotopic (exact) mass is 265 g/mol. The SMILES string of the molecule is CCOc1ncnc(NC(C)CN2CCCC2)c1N. The molecule has 6 heteroatoms. The Morgan fingerprint density at radius 3 is 2.84 bits per heavy atom. The lowest BCUT2D eigenvalue weighted by Gasteiger charge is -2.22. The molecule has 1 atom stereocenters. The van der Waals surface area contributed by atoms with Crippen molar-refractivity contribution in [3.05, 3.63) is 6.33 Å². The van der Waals surface area contributed by atoms with E-state index in [-0.39, 0.29) is 0 Å². The predicted octanol–water partition coefficient (Wildman–Crippen LogP) is 1.35. The highest BCUT2D eigenvalue weighted by molar-refractivity contribution is 5.66. The van der Waals surface area contributed by atoms with Crippen LogP contribution in [0.25, 0.3) is 0 Å². The van der Waals surface area contributed by atoms with Gasteiger partial charge in [-0.2, -0.15) is 4.98 Å². The number of rotatable bonds is 6. The van der Waals surface area contributed by atoms with Crippen LogP contribution in [0.4, 0.5) is 11.5 Å². The molecule has 6 nitrogen and oxygen atoms in total. The third-order valence-electron chi connectivity index (χ3n) is 3.24. The van der Waals surface area contributed by atoms with Crippen molar-refractivity contribution >= 4 is 11.5 Å². The number of nitrogens with two attached hydrogens (primary N) is 1. The summed E-state index contributed by atoms with van der Waals surface area (Å²) in [5.41, 5.74) is 6.48. The molecule has 1 aromatic heterocycles. The van der Waals surface area contributed by atoms with Crippen molar-refractivity contribution in [1.29, 1.82) is 0 Å². The molecule has 1 unspecified atom stereocenters. The lowest BCUT2D eigenvalue weighted by Crippen LogP contribution is -2.33. The van der Waals surface area contributed by atoms with Crippen LogP contribution in [0.15, 0.2) is 6.33 Å². The van der Waals surface area contributed by atoms with E-state index < -0.39 is 0 Å². The summed E-state index contributed by atoms with van der Waals surface area (Å²) in [5, 5.41) is 3.34. The number of anilines is 2. The fourth-order valence-corrected chi connectivity index (χ4v) is 2.38. The number of nitrogen functional groups attached to an aromatic ring is 1. The second-order valence-corrected chi connectivity index (χ2v) is 4.93. The second-order valence-electron chi connectivity index (χ2n) is 4.93. The van der Waals surface area contributed by atoms with Crippen molar-refractivity contribution in [3.63, 3.8) is 0 Å². The van der Waals surface area contributed by atoms with Crippen molar-refractivity contribution in [2.45, 2.75) is 32.7 Å². The van der Waals surface area contributed by atoms with Crippen LogP contribution in [0, 0.1) is 0 Å². The first-order chi connectivity index (χ1) is 9.20. The standard InChI is InChI=1S/C13H23N5O/c1-3-19-13-11(14)12(15-9-16-13)17-10(2)8-18-6-4-5-7-18/h9-10H,3-8,14H2,1-2H3,(H,15,16,17). The summed E-state index contributed by atoms with van der Waals surface area (Å²) in [4.78, 5) is 10.7. The van der Waals surface area contributed by atoms with E-state index in [9.17, 15) is 0 Å². The molecule has 0 saturated carbocycles. The van der Waals surface area contributed by atoms with Gasteiger partial charge in [0.15, 0.2) is 5.82 Å². The van der Waals surface area contributed by atoms with Gasteiger partial charge in [0.05, 0.1) is 6.61 Å². The Morgan fingerprint density at radius 2 is 2.16 bits per heavy atom. The summed E-state index contributed by atoms with van der Waals surface area (Å²) < 4.78 is 5.37. The lowest BCUT2D eigenvalue weighted by molar-refractivity contribution is 0.325. The van der Waals surface area contributed by atoms with Crippen molar-refractivity contribution in [2.75, 3.05) is 37.3 Å². The molecule has 0 amide bonds. The van der Waals surface area contributed by atoms with E-state index in [1.54, 1.807) is 0 Å². The fourth-order valence-electron chi connectivity index (χ4n) is 2.38. The number of nitrogens with zero attached hydrogens (tertiary/aromatic N) is 3. The average molecular weight is 265 g/mol. The minimum atomic E-state index is 0.296. The second kappa shape index (κ2) is 6.56. The van der Waals surface area contributed by atoms with Crippen LogP contribution in [-0.2, 0) is 0 Å². The van der Waals surface area contributed by atoms with Gasteiger partial charge < -0.3 is 20.7 Å². The molecule has 2 rings (SSSR count). The Morgan fingerprint density at radius 1 is 1.42 bits per heavy atom. The van der Waals surface area contributed by atoms with Crippen LogP contribution in [0.1, 0.15) is 26.7 Å². The lowest BCUT2D eigenvalue weighted by atomic mass is 10.3. The fraction of sp³-hybridized carbons (Fsp3) is 0.692. The van der Waals surface area contributed by atoms with E-state index in [1.165, 1.54) is 32.3 Å². The van der Waals surface area contributed by atoms with Gasteiger partial charge in [-0.3, -0.25) is 0 Å². The highest BCUT2D eigenvalue weighted by Gasteiger charge is 2.16. The highest BCUT2D eigenvalue weighted by atomic mass is 16.5. The van der Waals surface area contributed by atoms with Crippen LogP contribution < -0.4 is 15.8 Å². The third-order valence-corrected chi connectivity index (χ3v) is 3.24. The Labute approximate surface area is 114 Å². The average Bonchev–Trinajstić information content (AvgIpc) is 2.87. The van der Waals surface area contributed by atoms with Gasteiger partial charge in [-0.15, -0.1) is 0 Å². The number of ether oxygens (including phenoxy) is 1. The van der Waals surface area contributed by atoms with Gasteiger partial charge >= 0.3 is 0 Å². The zero-order chi connectivity index (χ0) is 13.7. The molecule has 1 saturated heterocycles. The summed E-state index contributed by atoms with van der Waals surface area (Å²) >= 11 is 0. The molecule has 0 aliphatic carbocycles. The molecule has 0 aromatic carbocycles. The molecule has 1 aliphatic heterocycles. The summed E-state index contributed by atoms with van der Waals surface area (Å²) in [6, 6.07) is 0.296. The number of aromatic nitrogens is 2. The number of nitrogens with one attached hydrogen (secondary N) is 1. The first-order valence-corrected chi connectivity index (χ1v) is 6.93. The Kier molecular flexibility index (Phi) is 4.79.